The van der Waals surface area contributed by atoms with Crippen LogP contribution in [0.3, 0.4) is 0 Å². The van der Waals surface area contributed by atoms with Crippen molar-refractivity contribution in [2.24, 2.45) is 0 Å². The number of nitrogens with zero attached hydrogens (tertiary/aromatic N) is 2. The van der Waals surface area contributed by atoms with Gasteiger partial charge in [-0.2, -0.15) is 0 Å². The summed E-state index contributed by atoms with van der Waals surface area (Å²) in [6.45, 7) is 8.93. The zero-order valence-electron chi connectivity index (χ0n) is 11.3. The first-order valence-electron chi connectivity index (χ1n) is 6.29. The molecule has 0 radical (unpaired) electrons. The number of carbonyl (C=O) groups excluding carboxylic acids is 2. The maximum Gasteiger partial charge on any atom is 0.272 e. The summed E-state index contributed by atoms with van der Waals surface area (Å²) >= 11 is 0. The predicted molar refractivity (Wildman–Crippen MR) is 74.0 cm³/mol. The number of hydrogen-bond acceptors (Lipinski definition) is 3. The van der Waals surface area contributed by atoms with Crippen LogP contribution in [-0.4, -0.2) is 41.3 Å². The minimum Gasteiger partial charge on any atom is -0.347 e. The van der Waals surface area contributed by atoms with Gasteiger partial charge in [0.15, 0.2) is 0 Å². The van der Waals surface area contributed by atoms with Crippen LogP contribution in [0.4, 0.5) is 0 Å². The van der Waals surface area contributed by atoms with Gasteiger partial charge >= 0.3 is 0 Å². The zero-order valence-corrected chi connectivity index (χ0v) is 11.3. The lowest BCUT2D eigenvalue weighted by molar-refractivity contribution is 0.0767. The highest BCUT2D eigenvalue weighted by Crippen LogP contribution is 2.04. The number of nitrogens with one attached hydrogen (secondary N) is 1. The average Bonchev–Trinajstić information content (AvgIpc) is 2.46. The van der Waals surface area contributed by atoms with E-state index in [0.717, 1.165) is 0 Å². The summed E-state index contributed by atoms with van der Waals surface area (Å²) in [6.07, 6.45) is 1.59. The third-order valence-corrected chi connectivity index (χ3v) is 2.66. The molecule has 0 aliphatic rings. The maximum atomic E-state index is 12.1. The van der Waals surface area contributed by atoms with Crippen LogP contribution in [0.15, 0.2) is 30.9 Å². The number of carbonyl (C=O) groups is 2. The molecule has 0 aliphatic carbocycles. The Morgan fingerprint density at radius 3 is 2.53 bits per heavy atom. The molecule has 1 N–H and O–H groups in total. The van der Waals surface area contributed by atoms with Crippen molar-refractivity contribution in [2.45, 2.75) is 13.8 Å². The van der Waals surface area contributed by atoms with Crippen molar-refractivity contribution in [3.63, 3.8) is 0 Å². The van der Waals surface area contributed by atoms with Crippen LogP contribution in [0, 0.1) is 0 Å². The lowest BCUT2D eigenvalue weighted by Gasteiger charge is -2.18. The molecule has 1 aromatic rings. The Morgan fingerprint density at radius 2 is 1.95 bits per heavy atom. The molecule has 0 spiro atoms. The third kappa shape index (κ3) is 3.91. The highest BCUT2D eigenvalue weighted by atomic mass is 16.2. The summed E-state index contributed by atoms with van der Waals surface area (Å²) in [5.41, 5.74) is 0.523. The van der Waals surface area contributed by atoms with Crippen LogP contribution in [0.2, 0.25) is 0 Å². The van der Waals surface area contributed by atoms with Crippen LogP contribution in [0.5, 0.6) is 0 Å². The standard InChI is InChI=1S/C14H19N3O2/c1-4-10-15-13(18)11-8-7-9-12(16-11)14(19)17(5-2)6-3/h4,7-9H,1,5-6,10H2,2-3H3,(H,15,18). The molecule has 1 rings (SSSR count). The van der Waals surface area contributed by atoms with Gasteiger partial charge in [-0.05, 0) is 26.0 Å². The minimum absolute atomic E-state index is 0.164. The monoisotopic (exact) mass is 261 g/mol. The van der Waals surface area contributed by atoms with Gasteiger partial charge in [0.05, 0.1) is 0 Å². The normalized spacial score (nSPS) is 9.79. The Bertz CT molecular complexity index is 468. The third-order valence-electron chi connectivity index (χ3n) is 2.66. The summed E-state index contributed by atoms with van der Waals surface area (Å²) in [4.78, 5) is 29.6. The van der Waals surface area contributed by atoms with Crippen LogP contribution < -0.4 is 5.32 Å². The molecule has 1 aromatic heterocycles. The first kappa shape index (κ1) is 14.9. The fourth-order valence-electron chi connectivity index (χ4n) is 1.61. The van der Waals surface area contributed by atoms with Gasteiger partial charge < -0.3 is 10.2 Å². The van der Waals surface area contributed by atoms with Crippen LogP contribution in [-0.2, 0) is 0 Å². The molecule has 0 fully saturated rings. The van der Waals surface area contributed by atoms with Gasteiger partial charge in [0.25, 0.3) is 11.8 Å². The van der Waals surface area contributed by atoms with E-state index in [2.05, 4.69) is 16.9 Å². The zero-order chi connectivity index (χ0) is 14.3. The molecule has 0 aliphatic heterocycles. The van der Waals surface area contributed by atoms with Crippen molar-refractivity contribution in [3.8, 4) is 0 Å². The van der Waals surface area contributed by atoms with Gasteiger partial charge in [-0.25, -0.2) is 4.98 Å². The fourth-order valence-corrected chi connectivity index (χ4v) is 1.61. The van der Waals surface area contributed by atoms with E-state index in [0.29, 0.717) is 19.6 Å². The number of hydrogen-bond donors (Lipinski definition) is 1. The van der Waals surface area contributed by atoms with Crippen molar-refractivity contribution in [1.29, 1.82) is 0 Å². The second-order valence-corrected chi connectivity index (χ2v) is 3.88. The van der Waals surface area contributed by atoms with Gasteiger partial charge in [0, 0.05) is 19.6 Å². The van der Waals surface area contributed by atoms with E-state index < -0.39 is 0 Å². The Balaban J connectivity index is 2.90. The van der Waals surface area contributed by atoms with Gasteiger partial charge in [-0.15, -0.1) is 6.58 Å². The Labute approximate surface area is 113 Å². The predicted octanol–water partition coefficient (Wildman–Crippen LogP) is 1.48. The second kappa shape index (κ2) is 7.31. The van der Waals surface area contributed by atoms with E-state index in [-0.39, 0.29) is 23.2 Å². The summed E-state index contributed by atoms with van der Waals surface area (Å²) in [6, 6.07) is 4.86. The van der Waals surface area contributed by atoms with Gasteiger partial charge in [-0.1, -0.05) is 12.1 Å². The largest absolute Gasteiger partial charge is 0.347 e. The first-order chi connectivity index (χ1) is 9.13. The topological polar surface area (TPSA) is 62.3 Å². The molecule has 102 valence electrons. The molecule has 0 atom stereocenters. The summed E-state index contributed by atoms with van der Waals surface area (Å²) in [7, 11) is 0. The molecule has 2 amide bonds. The molecule has 1 heterocycles. The van der Waals surface area contributed by atoms with E-state index >= 15 is 0 Å². The fraction of sp³-hybridized carbons (Fsp3) is 0.357. The van der Waals surface area contributed by atoms with Crippen molar-refractivity contribution < 1.29 is 9.59 Å². The van der Waals surface area contributed by atoms with E-state index in [9.17, 15) is 9.59 Å². The highest BCUT2D eigenvalue weighted by Gasteiger charge is 2.15. The lowest BCUT2D eigenvalue weighted by Crippen LogP contribution is -2.32. The minimum atomic E-state index is -0.311. The quantitative estimate of drug-likeness (QED) is 0.789. The molecule has 0 saturated heterocycles. The second-order valence-electron chi connectivity index (χ2n) is 3.88. The maximum absolute atomic E-state index is 12.1. The van der Waals surface area contributed by atoms with Crippen molar-refractivity contribution in [1.82, 2.24) is 15.2 Å². The molecule has 0 saturated carbocycles. The van der Waals surface area contributed by atoms with Gasteiger partial charge in [-0.3, -0.25) is 9.59 Å². The summed E-state index contributed by atoms with van der Waals surface area (Å²) in [5.74, 6) is -0.475. The number of rotatable bonds is 6. The number of pyridine rings is 1. The Morgan fingerprint density at radius 1 is 1.32 bits per heavy atom. The number of amides is 2. The van der Waals surface area contributed by atoms with Crippen LogP contribution >= 0.6 is 0 Å². The SMILES string of the molecule is C=CCNC(=O)c1cccc(C(=O)N(CC)CC)n1. The van der Waals surface area contributed by atoms with Crippen LogP contribution in [0.1, 0.15) is 34.8 Å². The molecule has 5 nitrogen and oxygen atoms in total. The molecule has 0 unspecified atom stereocenters. The molecular formula is C14H19N3O2. The molecule has 0 aromatic carbocycles. The van der Waals surface area contributed by atoms with E-state index in [1.165, 1.54) is 0 Å². The number of aromatic nitrogens is 1. The van der Waals surface area contributed by atoms with Crippen molar-refractivity contribution in [2.75, 3.05) is 19.6 Å². The lowest BCUT2D eigenvalue weighted by atomic mass is 10.2. The highest BCUT2D eigenvalue weighted by molar-refractivity contribution is 5.96. The molecule has 0 bridgehead atoms. The Hall–Kier alpha value is -2.17. The van der Waals surface area contributed by atoms with Gasteiger partial charge in [0.2, 0.25) is 0 Å². The summed E-state index contributed by atoms with van der Waals surface area (Å²) in [5, 5.41) is 2.63. The smallest absolute Gasteiger partial charge is 0.272 e. The molecule has 19 heavy (non-hydrogen) atoms. The average molecular weight is 261 g/mol. The molecule has 5 heteroatoms. The summed E-state index contributed by atoms with van der Waals surface area (Å²) < 4.78 is 0. The van der Waals surface area contributed by atoms with Gasteiger partial charge in [0.1, 0.15) is 11.4 Å². The van der Waals surface area contributed by atoms with Crippen LogP contribution in [0.25, 0.3) is 0 Å². The van der Waals surface area contributed by atoms with E-state index in [1.54, 1.807) is 29.2 Å². The Kier molecular flexibility index (Phi) is 5.73. The van der Waals surface area contributed by atoms with E-state index in [4.69, 9.17) is 0 Å². The molecular weight excluding hydrogens is 242 g/mol. The van der Waals surface area contributed by atoms with Crippen molar-refractivity contribution in [3.05, 3.63) is 42.2 Å². The first-order valence-corrected chi connectivity index (χ1v) is 6.29. The van der Waals surface area contributed by atoms with E-state index in [1.807, 2.05) is 13.8 Å². The van der Waals surface area contributed by atoms with Crippen molar-refractivity contribution >= 4 is 11.8 Å².